The van der Waals surface area contributed by atoms with Crippen molar-refractivity contribution < 1.29 is 13.6 Å². The van der Waals surface area contributed by atoms with Crippen molar-refractivity contribution in [3.05, 3.63) is 92.9 Å². The molecule has 5 nitrogen and oxygen atoms in total. The van der Waals surface area contributed by atoms with Gasteiger partial charge in [0, 0.05) is 12.6 Å². The molecule has 0 saturated heterocycles. The summed E-state index contributed by atoms with van der Waals surface area (Å²) in [6.45, 7) is 0.333. The van der Waals surface area contributed by atoms with Crippen molar-refractivity contribution in [3.8, 4) is 0 Å². The molecule has 0 aliphatic heterocycles. The number of rotatable bonds is 5. The number of benzene rings is 1. The van der Waals surface area contributed by atoms with E-state index in [0.717, 1.165) is 11.3 Å². The molecule has 0 spiro atoms. The summed E-state index contributed by atoms with van der Waals surface area (Å²) in [6.07, 6.45) is 1.61. The van der Waals surface area contributed by atoms with Crippen LogP contribution in [-0.4, -0.2) is 12.5 Å². The molecule has 1 unspecified atom stereocenters. The van der Waals surface area contributed by atoms with Gasteiger partial charge in [0.25, 0.3) is 5.91 Å². The van der Waals surface area contributed by atoms with Gasteiger partial charge in [-0.05, 0) is 46.7 Å². The maximum absolute atomic E-state index is 12.5. The van der Waals surface area contributed by atoms with E-state index in [0.29, 0.717) is 17.5 Å². The monoisotopic (exact) mass is 365 g/mol. The van der Waals surface area contributed by atoms with Gasteiger partial charge >= 0.3 is 0 Å². The Bertz CT molecular complexity index is 1050. The Hall–Kier alpha value is -3.12. The molecule has 4 aromatic rings. The first-order chi connectivity index (χ1) is 12.7. The van der Waals surface area contributed by atoms with Gasteiger partial charge in [0.2, 0.25) is 0 Å². The molecule has 0 bridgehead atoms. The highest BCUT2D eigenvalue weighted by Crippen LogP contribution is 2.26. The number of hydrogen-bond donors (Lipinski definition) is 1. The summed E-state index contributed by atoms with van der Waals surface area (Å²) in [5, 5.41) is 7.30. The number of para-hydroxylation sites is 1. The summed E-state index contributed by atoms with van der Waals surface area (Å²) in [5.74, 6) is 0.230. The number of nitrogens with one attached hydrogen (secondary N) is 1. The van der Waals surface area contributed by atoms with Crippen LogP contribution in [-0.2, 0) is 0 Å². The zero-order valence-electron chi connectivity index (χ0n) is 13.7. The van der Waals surface area contributed by atoms with Crippen molar-refractivity contribution in [2.24, 2.45) is 0 Å². The molecule has 4 rings (SSSR count). The third-order valence-corrected chi connectivity index (χ3v) is 4.86. The van der Waals surface area contributed by atoms with E-state index in [1.807, 2.05) is 29.0 Å². The van der Waals surface area contributed by atoms with E-state index in [2.05, 4.69) is 5.32 Å². The van der Waals surface area contributed by atoms with Gasteiger partial charge in [-0.25, -0.2) is 0 Å². The molecule has 0 fully saturated rings. The van der Waals surface area contributed by atoms with Crippen molar-refractivity contribution >= 4 is 28.2 Å². The van der Waals surface area contributed by atoms with E-state index < -0.39 is 5.91 Å². The van der Waals surface area contributed by atoms with E-state index in [1.165, 1.54) is 6.07 Å². The number of carbonyl (C=O) groups is 1. The second-order valence-electron chi connectivity index (χ2n) is 5.81. The second-order valence-corrected chi connectivity index (χ2v) is 6.59. The molecule has 130 valence electrons. The van der Waals surface area contributed by atoms with Crippen LogP contribution in [0.5, 0.6) is 0 Å². The van der Waals surface area contributed by atoms with Crippen LogP contribution in [0.15, 0.2) is 79.2 Å². The quantitative estimate of drug-likeness (QED) is 0.580. The number of hydrogen-bond acceptors (Lipinski definition) is 5. The van der Waals surface area contributed by atoms with E-state index in [4.69, 9.17) is 8.83 Å². The summed E-state index contributed by atoms with van der Waals surface area (Å²) in [6, 6.07) is 13.8. The van der Waals surface area contributed by atoms with E-state index in [-0.39, 0.29) is 17.1 Å². The highest BCUT2D eigenvalue weighted by molar-refractivity contribution is 7.08. The lowest BCUT2D eigenvalue weighted by Gasteiger charge is -2.14. The Morgan fingerprint density at radius 3 is 2.81 bits per heavy atom. The van der Waals surface area contributed by atoms with Crippen LogP contribution in [0.1, 0.15) is 27.8 Å². The zero-order valence-corrected chi connectivity index (χ0v) is 14.5. The fourth-order valence-electron chi connectivity index (χ4n) is 2.84. The number of amides is 1. The van der Waals surface area contributed by atoms with Crippen LogP contribution in [0.4, 0.5) is 0 Å². The zero-order chi connectivity index (χ0) is 17.9. The van der Waals surface area contributed by atoms with Crippen LogP contribution >= 0.6 is 11.3 Å². The van der Waals surface area contributed by atoms with Gasteiger partial charge in [0.05, 0.1) is 17.6 Å². The largest absolute Gasteiger partial charge is 0.469 e. The summed E-state index contributed by atoms with van der Waals surface area (Å²) in [7, 11) is 0. The average molecular weight is 365 g/mol. The molecule has 3 heterocycles. The lowest BCUT2D eigenvalue weighted by molar-refractivity contribution is 0.0924. The third kappa shape index (κ3) is 3.19. The molecular formula is C20H15NO4S. The highest BCUT2D eigenvalue weighted by Gasteiger charge is 2.20. The van der Waals surface area contributed by atoms with Gasteiger partial charge in [-0.1, -0.05) is 12.1 Å². The Balaban J connectivity index is 1.57. The summed E-state index contributed by atoms with van der Waals surface area (Å²) >= 11 is 1.58. The molecule has 3 aromatic heterocycles. The molecule has 0 aliphatic carbocycles. The summed E-state index contributed by atoms with van der Waals surface area (Å²) < 4.78 is 11.1. The standard InChI is InChI=1S/C20H15NO4S/c22-16-10-19(25-18-5-2-1-4-14(16)18)20(23)21-11-15(13-7-9-26-12-13)17-6-3-8-24-17/h1-10,12,15H,11H2,(H,21,23). The highest BCUT2D eigenvalue weighted by atomic mass is 32.1. The minimum absolute atomic E-state index is 0.00258. The maximum Gasteiger partial charge on any atom is 0.287 e. The fourth-order valence-corrected chi connectivity index (χ4v) is 3.56. The van der Waals surface area contributed by atoms with E-state index in [9.17, 15) is 9.59 Å². The smallest absolute Gasteiger partial charge is 0.287 e. The summed E-state index contributed by atoms with van der Waals surface area (Å²) in [4.78, 5) is 24.7. The normalized spacial score (nSPS) is 12.2. The van der Waals surface area contributed by atoms with Crippen LogP contribution in [0, 0.1) is 0 Å². The lowest BCUT2D eigenvalue weighted by Crippen LogP contribution is -2.29. The SMILES string of the molecule is O=C(NCC(c1ccsc1)c1ccco1)c1cc(=O)c2ccccc2o1. The van der Waals surface area contributed by atoms with Crippen LogP contribution in [0.3, 0.4) is 0 Å². The minimum atomic E-state index is -0.431. The van der Waals surface area contributed by atoms with Crippen molar-refractivity contribution in [2.75, 3.05) is 6.54 Å². The molecule has 0 aliphatic rings. The first-order valence-electron chi connectivity index (χ1n) is 8.09. The van der Waals surface area contributed by atoms with Crippen LogP contribution in [0.25, 0.3) is 11.0 Å². The molecular weight excluding hydrogens is 350 g/mol. The summed E-state index contributed by atoms with van der Waals surface area (Å²) in [5.41, 5.74) is 1.22. The molecule has 6 heteroatoms. The number of fused-ring (bicyclic) bond motifs is 1. The van der Waals surface area contributed by atoms with Gasteiger partial charge < -0.3 is 14.2 Å². The molecule has 1 aromatic carbocycles. The van der Waals surface area contributed by atoms with E-state index >= 15 is 0 Å². The predicted octanol–water partition coefficient (Wildman–Crippen LogP) is 4.01. The Morgan fingerprint density at radius 1 is 1.15 bits per heavy atom. The van der Waals surface area contributed by atoms with Crippen molar-refractivity contribution in [1.29, 1.82) is 0 Å². The first-order valence-corrected chi connectivity index (χ1v) is 9.03. The molecule has 0 radical (unpaired) electrons. The maximum atomic E-state index is 12.5. The van der Waals surface area contributed by atoms with Crippen LogP contribution in [0.2, 0.25) is 0 Å². The Labute approximate surface area is 152 Å². The van der Waals surface area contributed by atoms with Crippen molar-refractivity contribution in [1.82, 2.24) is 5.32 Å². The van der Waals surface area contributed by atoms with Crippen molar-refractivity contribution in [3.63, 3.8) is 0 Å². The topological polar surface area (TPSA) is 72.5 Å². The van der Waals surface area contributed by atoms with Gasteiger partial charge in [-0.2, -0.15) is 11.3 Å². The number of thiophene rings is 1. The van der Waals surface area contributed by atoms with E-state index in [1.54, 1.807) is 41.9 Å². The molecule has 1 amide bonds. The average Bonchev–Trinajstić information content (AvgIpc) is 3.36. The van der Waals surface area contributed by atoms with Gasteiger partial charge in [-0.15, -0.1) is 0 Å². The first kappa shape index (κ1) is 16.4. The molecule has 1 atom stereocenters. The molecule has 26 heavy (non-hydrogen) atoms. The Kier molecular flexibility index (Phi) is 4.41. The minimum Gasteiger partial charge on any atom is -0.469 e. The van der Waals surface area contributed by atoms with Gasteiger partial charge in [0.15, 0.2) is 11.2 Å². The number of carbonyl (C=O) groups excluding carboxylic acids is 1. The number of furan rings is 1. The predicted molar refractivity (Wildman–Crippen MR) is 99.7 cm³/mol. The van der Waals surface area contributed by atoms with Gasteiger partial charge in [-0.3, -0.25) is 9.59 Å². The van der Waals surface area contributed by atoms with Crippen molar-refractivity contribution in [2.45, 2.75) is 5.92 Å². The molecule has 1 N–H and O–H groups in total. The fraction of sp³-hybridized carbons (Fsp3) is 0.100. The second kappa shape index (κ2) is 7.01. The van der Waals surface area contributed by atoms with Crippen LogP contribution < -0.4 is 10.7 Å². The van der Waals surface area contributed by atoms with Gasteiger partial charge in [0.1, 0.15) is 11.3 Å². The lowest BCUT2D eigenvalue weighted by atomic mass is 9.99. The third-order valence-electron chi connectivity index (χ3n) is 4.16. The Morgan fingerprint density at radius 2 is 2.04 bits per heavy atom. The molecule has 0 saturated carbocycles.